The zero-order valence-electron chi connectivity index (χ0n) is 12.2. The minimum absolute atomic E-state index is 0.196. The monoisotopic (exact) mass is 366 g/mol. The summed E-state index contributed by atoms with van der Waals surface area (Å²) in [5, 5.41) is 1.34. The topological polar surface area (TPSA) is 52.6 Å². The summed E-state index contributed by atoms with van der Waals surface area (Å²) in [6.07, 6.45) is -3.79. The van der Waals surface area contributed by atoms with Gasteiger partial charge in [0.05, 0.1) is 20.0 Å². The molecule has 0 spiro atoms. The van der Waals surface area contributed by atoms with Gasteiger partial charge in [-0.15, -0.1) is 11.3 Å². The molecule has 23 heavy (non-hydrogen) atoms. The molecular weight excluding hydrogens is 353 g/mol. The van der Waals surface area contributed by atoms with E-state index in [1.54, 1.807) is 24.3 Å². The second-order valence-electron chi connectivity index (χ2n) is 4.65. The third-order valence-corrected chi connectivity index (χ3v) is 4.58. The van der Waals surface area contributed by atoms with Crippen molar-refractivity contribution in [2.45, 2.75) is 12.8 Å². The Kier molecular flexibility index (Phi) is 5.02. The van der Waals surface area contributed by atoms with Gasteiger partial charge in [0.2, 0.25) is 0 Å². The third kappa shape index (κ3) is 4.46. The maximum Gasteiger partial charge on any atom is 0.425 e. The van der Waals surface area contributed by atoms with Crippen molar-refractivity contribution in [3.63, 3.8) is 0 Å². The van der Waals surface area contributed by atoms with Gasteiger partial charge in [0, 0.05) is 5.56 Å². The van der Waals surface area contributed by atoms with E-state index in [0.717, 1.165) is 6.26 Å². The molecule has 0 aliphatic heterocycles. The number of alkyl halides is 3. The van der Waals surface area contributed by atoms with E-state index in [-0.39, 0.29) is 11.1 Å². The largest absolute Gasteiger partial charge is 0.497 e. The van der Waals surface area contributed by atoms with Crippen LogP contribution in [-0.2, 0) is 27.1 Å². The average Bonchev–Trinajstić information content (AvgIpc) is 2.88. The number of benzene rings is 1. The minimum Gasteiger partial charge on any atom is -0.497 e. The average molecular weight is 366 g/mol. The third-order valence-electron chi connectivity index (χ3n) is 2.97. The Morgan fingerprint density at radius 1 is 1.17 bits per heavy atom. The van der Waals surface area contributed by atoms with Gasteiger partial charge in [-0.1, -0.05) is 12.1 Å². The molecule has 0 saturated carbocycles. The van der Waals surface area contributed by atoms with E-state index in [0.29, 0.717) is 22.6 Å². The lowest BCUT2D eigenvalue weighted by molar-refractivity contribution is -0.135. The van der Waals surface area contributed by atoms with Gasteiger partial charge in [-0.25, -0.2) is 0 Å². The molecule has 1 aromatic heterocycles. The molecule has 0 fully saturated rings. The molecule has 0 atom stereocenters. The lowest BCUT2D eigenvalue weighted by Crippen LogP contribution is -2.09. The first kappa shape index (κ1) is 17.8. The molecule has 2 aromatic rings. The van der Waals surface area contributed by atoms with Crippen LogP contribution in [0.5, 0.6) is 5.75 Å². The molecule has 0 saturated heterocycles. The van der Waals surface area contributed by atoms with Gasteiger partial charge >= 0.3 is 6.18 Å². The number of hydrogen-bond donors (Lipinski definition) is 0. The summed E-state index contributed by atoms with van der Waals surface area (Å²) >= 11 is 0.507. The van der Waals surface area contributed by atoms with Crippen molar-refractivity contribution in [3.05, 3.63) is 40.1 Å². The number of rotatable bonds is 5. The molecule has 0 amide bonds. The molecular formula is C14H13F3O4S2. The Balaban J connectivity index is 2.47. The van der Waals surface area contributed by atoms with Gasteiger partial charge in [-0.05, 0) is 28.6 Å². The molecule has 0 bridgehead atoms. The Hall–Kier alpha value is -1.58. The molecule has 0 unspecified atom stereocenters. The van der Waals surface area contributed by atoms with Gasteiger partial charge in [0.25, 0.3) is 10.1 Å². The molecule has 0 radical (unpaired) electrons. The summed E-state index contributed by atoms with van der Waals surface area (Å²) in [5.41, 5.74) is 0.608. The molecule has 126 valence electrons. The first-order chi connectivity index (χ1) is 10.6. The second-order valence-corrected chi connectivity index (χ2v) is 7.17. The fourth-order valence-corrected chi connectivity index (χ4v) is 3.23. The van der Waals surface area contributed by atoms with Crippen molar-refractivity contribution in [2.75, 3.05) is 13.4 Å². The molecule has 0 aliphatic carbocycles. The number of hydrogen-bond acceptors (Lipinski definition) is 5. The van der Waals surface area contributed by atoms with Crippen LogP contribution < -0.4 is 4.74 Å². The maximum absolute atomic E-state index is 13.1. The Morgan fingerprint density at radius 2 is 1.78 bits per heavy atom. The summed E-state index contributed by atoms with van der Waals surface area (Å²) in [7, 11) is -2.38. The van der Waals surface area contributed by atoms with E-state index in [2.05, 4.69) is 4.18 Å². The van der Waals surface area contributed by atoms with E-state index in [9.17, 15) is 21.6 Å². The fraction of sp³-hybridized carbons (Fsp3) is 0.286. The zero-order valence-corrected chi connectivity index (χ0v) is 13.8. The SMILES string of the molecule is COc1ccc(-c2csc(C(F)(F)F)c2COS(C)(=O)=O)cc1. The molecule has 1 aromatic carbocycles. The van der Waals surface area contributed by atoms with E-state index in [1.807, 2.05) is 0 Å². The molecule has 0 N–H and O–H groups in total. The number of methoxy groups -OCH3 is 1. The number of ether oxygens (including phenoxy) is 1. The number of thiophene rings is 1. The van der Waals surface area contributed by atoms with Crippen LogP contribution in [0.2, 0.25) is 0 Å². The van der Waals surface area contributed by atoms with Crippen LogP contribution in [0, 0.1) is 0 Å². The lowest BCUT2D eigenvalue weighted by Gasteiger charge is -2.10. The van der Waals surface area contributed by atoms with Gasteiger partial charge in [-0.2, -0.15) is 21.6 Å². The summed E-state index contributed by atoms with van der Waals surface area (Å²) in [6.45, 7) is -0.668. The smallest absolute Gasteiger partial charge is 0.425 e. The van der Waals surface area contributed by atoms with Gasteiger partial charge in [0.1, 0.15) is 10.6 Å². The summed E-state index contributed by atoms with van der Waals surface area (Å²) < 4.78 is 71.1. The van der Waals surface area contributed by atoms with Crippen molar-refractivity contribution in [1.82, 2.24) is 0 Å². The predicted octanol–water partition coefficient (Wildman–Crippen LogP) is 3.92. The van der Waals surface area contributed by atoms with E-state index in [1.165, 1.54) is 12.5 Å². The second kappa shape index (κ2) is 6.50. The molecule has 0 aliphatic rings. The van der Waals surface area contributed by atoms with Crippen LogP contribution in [0.4, 0.5) is 13.2 Å². The summed E-state index contributed by atoms with van der Waals surface area (Å²) in [4.78, 5) is -0.869. The van der Waals surface area contributed by atoms with Gasteiger partial charge in [0.15, 0.2) is 0 Å². The van der Waals surface area contributed by atoms with Crippen molar-refractivity contribution in [2.24, 2.45) is 0 Å². The normalized spacial score (nSPS) is 12.4. The highest BCUT2D eigenvalue weighted by Gasteiger charge is 2.36. The van der Waals surface area contributed by atoms with Crippen LogP contribution in [0.3, 0.4) is 0 Å². The van der Waals surface area contributed by atoms with Crippen LogP contribution in [0.25, 0.3) is 11.1 Å². The van der Waals surface area contributed by atoms with E-state index < -0.39 is 27.8 Å². The highest BCUT2D eigenvalue weighted by atomic mass is 32.2. The van der Waals surface area contributed by atoms with Gasteiger partial charge in [-0.3, -0.25) is 4.18 Å². The fourth-order valence-electron chi connectivity index (χ4n) is 1.94. The minimum atomic E-state index is -4.58. The van der Waals surface area contributed by atoms with Crippen LogP contribution >= 0.6 is 11.3 Å². The Labute approximate surface area is 135 Å². The zero-order chi connectivity index (χ0) is 17.3. The van der Waals surface area contributed by atoms with Crippen molar-refractivity contribution >= 4 is 21.5 Å². The molecule has 4 nitrogen and oxygen atoms in total. The van der Waals surface area contributed by atoms with E-state index >= 15 is 0 Å². The summed E-state index contributed by atoms with van der Waals surface area (Å²) in [5.74, 6) is 0.564. The number of halogens is 3. The van der Waals surface area contributed by atoms with Gasteiger partial charge < -0.3 is 4.74 Å². The molecule has 1 heterocycles. The predicted molar refractivity (Wildman–Crippen MR) is 80.9 cm³/mol. The standard InChI is InChI=1S/C14H13F3O4S2/c1-20-10-5-3-9(4-6-10)12-8-22-13(14(15,16)17)11(12)7-21-23(2,18)19/h3-6,8H,7H2,1-2H3. The highest BCUT2D eigenvalue weighted by Crippen LogP contribution is 2.42. The highest BCUT2D eigenvalue weighted by molar-refractivity contribution is 7.85. The van der Waals surface area contributed by atoms with Crippen molar-refractivity contribution < 1.29 is 30.5 Å². The molecule has 9 heteroatoms. The van der Waals surface area contributed by atoms with E-state index in [4.69, 9.17) is 4.74 Å². The Morgan fingerprint density at radius 3 is 2.26 bits per heavy atom. The van der Waals surface area contributed by atoms with Crippen LogP contribution in [0.1, 0.15) is 10.4 Å². The van der Waals surface area contributed by atoms with Crippen molar-refractivity contribution in [1.29, 1.82) is 0 Å². The first-order valence-corrected chi connectivity index (χ1v) is 8.98. The quantitative estimate of drug-likeness (QED) is 0.753. The summed E-state index contributed by atoms with van der Waals surface area (Å²) in [6, 6.07) is 6.43. The van der Waals surface area contributed by atoms with Crippen LogP contribution in [0.15, 0.2) is 29.6 Å². The molecule has 2 rings (SSSR count). The maximum atomic E-state index is 13.1. The van der Waals surface area contributed by atoms with Crippen molar-refractivity contribution in [3.8, 4) is 16.9 Å². The van der Waals surface area contributed by atoms with Crippen LogP contribution in [-0.4, -0.2) is 21.8 Å². The lowest BCUT2D eigenvalue weighted by atomic mass is 10.0. The first-order valence-electron chi connectivity index (χ1n) is 6.28. The Bertz CT molecular complexity index is 777.